The molecule has 0 bridgehead atoms. The van der Waals surface area contributed by atoms with E-state index in [1.807, 2.05) is 6.08 Å². The second kappa shape index (κ2) is 7.42. The normalized spacial score (nSPS) is 23.8. The maximum absolute atomic E-state index is 12.4. The van der Waals surface area contributed by atoms with Gasteiger partial charge in [-0.1, -0.05) is 11.2 Å². The summed E-state index contributed by atoms with van der Waals surface area (Å²) in [5.41, 5.74) is 9.53. The van der Waals surface area contributed by atoms with Gasteiger partial charge < -0.3 is 4.74 Å². The van der Waals surface area contributed by atoms with Gasteiger partial charge in [0, 0.05) is 11.1 Å². The predicted octanol–water partition coefficient (Wildman–Crippen LogP) is 2.09. The Morgan fingerprint density at radius 3 is 3.18 bits per heavy atom. The molecule has 2 aliphatic rings. The second-order valence-electron chi connectivity index (χ2n) is 4.83. The van der Waals surface area contributed by atoms with Crippen molar-refractivity contribution in [1.82, 2.24) is 4.90 Å². The Morgan fingerprint density at radius 1 is 1.64 bits per heavy atom. The van der Waals surface area contributed by atoms with E-state index in [1.165, 1.54) is 4.90 Å². The van der Waals surface area contributed by atoms with Crippen molar-refractivity contribution in [1.29, 1.82) is 0 Å². The van der Waals surface area contributed by atoms with Crippen molar-refractivity contribution in [3.63, 3.8) is 0 Å². The van der Waals surface area contributed by atoms with Crippen LogP contribution < -0.4 is 0 Å². The summed E-state index contributed by atoms with van der Waals surface area (Å²) in [5, 5.41) is 3.55. The third kappa shape index (κ3) is 3.53. The van der Waals surface area contributed by atoms with Gasteiger partial charge in [0.1, 0.15) is 18.4 Å². The summed E-state index contributed by atoms with van der Waals surface area (Å²) in [6.07, 6.45) is 7.21. The Hall–Kier alpha value is -2.60. The lowest BCUT2D eigenvalue weighted by Crippen LogP contribution is -2.44. The van der Waals surface area contributed by atoms with Crippen LogP contribution in [0.4, 0.5) is 0 Å². The molecular formula is C14H17N5O3. The zero-order chi connectivity index (χ0) is 15.9. The third-order valence-electron chi connectivity index (χ3n) is 3.38. The number of hydrogen-bond donors (Lipinski definition) is 0. The number of carbonyl (C=O) groups excluding carboxylic acids is 2. The van der Waals surface area contributed by atoms with Crippen LogP contribution in [-0.4, -0.2) is 42.2 Å². The van der Waals surface area contributed by atoms with E-state index in [0.717, 1.165) is 12.0 Å². The molecule has 2 heterocycles. The summed E-state index contributed by atoms with van der Waals surface area (Å²) in [6.45, 7) is 1.70. The minimum atomic E-state index is -0.836. The van der Waals surface area contributed by atoms with Crippen LogP contribution in [0.2, 0.25) is 0 Å². The summed E-state index contributed by atoms with van der Waals surface area (Å²) < 4.78 is 4.90. The molecule has 0 aromatic carbocycles. The van der Waals surface area contributed by atoms with Crippen LogP contribution in [0.5, 0.6) is 0 Å². The zero-order valence-electron chi connectivity index (χ0n) is 12.3. The minimum absolute atomic E-state index is 0.232. The van der Waals surface area contributed by atoms with E-state index in [1.54, 1.807) is 19.2 Å². The largest absolute Gasteiger partial charge is 0.465 e. The van der Waals surface area contributed by atoms with E-state index < -0.39 is 17.9 Å². The number of azide groups is 1. The maximum atomic E-state index is 12.4. The van der Waals surface area contributed by atoms with E-state index in [0.29, 0.717) is 18.7 Å². The fourth-order valence-electron chi connectivity index (χ4n) is 2.43. The number of rotatable bonds is 4. The lowest BCUT2D eigenvalue weighted by molar-refractivity contribution is -0.148. The first-order valence-electron chi connectivity index (χ1n) is 7.09. The number of hydrogen-bond acceptors (Lipinski definition) is 5. The Kier molecular flexibility index (Phi) is 5.32. The minimum Gasteiger partial charge on any atom is -0.465 e. The SMILES string of the molecule is CCOC(=O)CN1C(=O)C(N=[N+]=[N-])CC2=C1/N=C\C=C/CC2. The molecule has 0 fully saturated rings. The van der Waals surface area contributed by atoms with Crippen LogP contribution >= 0.6 is 0 Å². The molecule has 0 aromatic heterocycles. The highest BCUT2D eigenvalue weighted by Gasteiger charge is 2.35. The first-order chi connectivity index (χ1) is 10.7. The van der Waals surface area contributed by atoms with Crippen molar-refractivity contribution in [2.24, 2.45) is 10.1 Å². The second-order valence-corrected chi connectivity index (χ2v) is 4.83. The smallest absolute Gasteiger partial charge is 0.326 e. The molecule has 8 heteroatoms. The fourth-order valence-corrected chi connectivity index (χ4v) is 2.43. The van der Waals surface area contributed by atoms with Gasteiger partial charge in [0.15, 0.2) is 0 Å². The standard InChI is InChI=1S/C14H17N5O3/c1-2-22-12(20)9-19-13-10(6-4-3-5-7-16-13)8-11(14(19)21)17-18-15/h3,5,7,11H,2,4,6,8-9H2,1H3/b5-3-,16-7-. The average molecular weight is 303 g/mol. The summed E-state index contributed by atoms with van der Waals surface area (Å²) in [4.78, 5) is 32.4. The Bertz CT molecular complexity index is 602. The quantitative estimate of drug-likeness (QED) is 0.343. The van der Waals surface area contributed by atoms with Crippen LogP contribution in [-0.2, 0) is 14.3 Å². The molecule has 8 nitrogen and oxygen atoms in total. The number of nitrogens with zero attached hydrogens (tertiary/aromatic N) is 5. The summed E-state index contributed by atoms with van der Waals surface area (Å²) in [6, 6.07) is -0.836. The van der Waals surface area contributed by atoms with E-state index in [4.69, 9.17) is 10.3 Å². The molecule has 22 heavy (non-hydrogen) atoms. The van der Waals surface area contributed by atoms with E-state index in [9.17, 15) is 9.59 Å². The molecule has 1 atom stereocenters. The number of carbonyl (C=O) groups is 2. The van der Waals surface area contributed by atoms with Gasteiger partial charge >= 0.3 is 5.97 Å². The molecule has 1 unspecified atom stereocenters. The van der Waals surface area contributed by atoms with Crippen LogP contribution in [0, 0.1) is 0 Å². The molecule has 2 rings (SSSR count). The van der Waals surface area contributed by atoms with Gasteiger partial charge in [0.05, 0.1) is 6.61 Å². The molecule has 0 aromatic rings. The number of aliphatic imine (C=N–C) groups is 1. The molecule has 0 N–H and O–H groups in total. The molecule has 1 amide bonds. The molecule has 0 saturated heterocycles. The molecule has 0 radical (unpaired) electrons. The highest BCUT2D eigenvalue weighted by atomic mass is 16.5. The van der Waals surface area contributed by atoms with Crippen LogP contribution in [0.25, 0.3) is 10.4 Å². The average Bonchev–Trinajstić information content (AvgIpc) is 2.46. The van der Waals surface area contributed by atoms with E-state index in [-0.39, 0.29) is 13.2 Å². The zero-order valence-corrected chi connectivity index (χ0v) is 12.3. The number of allylic oxidation sites excluding steroid dienone is 2. The van der Waals surface area contributed by atoms with Gasteiger partial charge in [-0.05, 0) is 43.4 Å². The topological polar surface area (TPSA) is 108 Å². The fraction of sp³-hybridized carbons (Fsp3) is 0.500. The number of amides is 1. The van der Waals surface area contributed by atoms with Crippen LogP contribution in [0.1, 0.15) is 26.2 Å². The third-order valence-corrected chi connectivity index (χ3v) is 3.38. The van der Waals surface area contributed by atoms with Crippen molar-refractivity contribution >= 4 is 18.1 Å². The first kappa shape index (κ1) is 15.8. The van der Waals surface area contributed by atoms with Gasteiger partial charge in [0.2, 0.25) is 5.91 Å². The molecule has 0 saturated carbocycles. The lowest BCUT2D eigenvalue weighted by Gasteiger charge is -2.32. The predicted molar refractivity (Wildman–Crippen MR) is 79.8 cm³/mol. The van der Waals surface area contributed by atoms with Crippen molar-refractivity contribution in [3.8, 4) is 0 Å². The Morgan fingerprint density at radius 2 is 2.45 bits per heavy atom. The van der Waals surface area contributed by atoms with Gasteiger partial charge in [0.25, 0.3) is 0 Å². The van der Waals surface area contributed by atoms with Crippen LogP contribution in [0.3, 0.4) is 0 Å². The molecular weight excluding hydrogens is 286 g/mol. The van der Waals surface area contributed by atoms with Crippen molar-refractivity contribution < 1.29 is 14.3 Å². The van der Waals surface area contributed by atoms with Gasteiger partial charge in [-0.25, -0.2) is 4.99 Å². The highest BCUT2D eigenvalue weighted by Crippen LogP contribution is 2.30. The summed E-state index contributed by atoms with van der Waals surface area (Å²) >= 11 is 0. The molecule has 0 spiro atoms. The molecule has 2 aliphatic heterocycles. The van der Waals surface area contributed by atoms with Gasteiger partial charge in [-0.15, -0.1) is 0 Å². The Balaban J connectivity index is 2.36. The van der Waals surface area contributed by atoms with Gasteiger partial charge in [-0.2, -0.15) is 0 Å². The Labute approximate surface area is 127 Å². The summed E-state index contributed by atoms with van der Waals surface area (Å²) in [7, 11) is 0. The maximum Gasteiger partial charge on any atom is 0.326 e. The van der Waals surface area contributed by atoms with Gasteiger partial charge in [-0.3, -0.25) is 14.5 Å². The van der Waals surface area contributed by atoms with Crippen molar-refractivity contribution in [3.05, 3.63) is 34.0 Å². The highest BCUT2D eigenvalue weighted by molar-refractivity contribution is 5.89. The molecule has 0 aliphatic carbocycles. The van der Waals surface area contributed by atoms with Crippen molar-refractivity contribution in [2.75, 3.05) is 13.2 Å². The lowest BCUT2D eigenvalue weighted by atomic mass is 9.96. The summed E-state index contributed by atoms with van der Waals surface area (Å²) in [5.74, 6) is -0.477. The van der Waals surface area contributed by atoms with Crippen molar-refractivity contribution in [2.45, 2.75) is 32.2 Å². The van der Waals surface area contributed by atoms with E-state index in [2.05, 4.69) is 15.0 Å². The first-order valence-corrected chi connectivity index (χ1v) is 7.09. The number of ether oxygens (including phenoxy) is 1. The number of esters is 1. The molecule has 116 valence electrons. The van der Waals surface area contributed by atoms with Crippen LogP contribution in [0.15, 0.2) is 33.7 Å². The monoisotopic (exact) mass is 303 g/mol. The van der Waals surface area contributed by atoms with E-state index >= 15 is 0 Å².